The van der Waals surface area contributed by atoms with Gasteiger partial charge in [-0.2, -0.15) is 0 Å². The van der Waals surface area contributed by atoms with E-state index in [4.69, 9.17) is 11.6 Å². The molecule has 0 fully saturated rings. The summed E-state index contributed by atoms with van der Waals surface area (Å²) in [5.74, 6) is 5.17. The molecule has 0 aliphatic heterocycles. The van der Waals surface area contributed by atoms with Gasteiger partial charge in [0.05, 0.1) is 32.7 Å². The van der Waals surface area contributed by atoms with Gasteiger partial charge in [0.15, 0.2) is 0 Å². The SMILES string of the molecule is C[N+](C=NN)(CCCC[P+](c1ccccc1)(c1ccccc1)c1ccccc1)CCC(N)=O. The van der Waals surface area contributed by atoms with E-state index in [0.717, 1.165) is 25.5 Å². The number of nitrogens with zero attached hydrogens (tertiary/aromatic N) is 2. The molecular formula is C27H35N4OP+2. The molecule has 33 heavy (non-hydrogen) atoms. The van der Waals surface area contributed by atoms with Crippen molar-refractivity contribution in [2.24, 2.45) is 16.7 Å². The van der Waals surface area contributed by atoms with Gasteiger partial charge in [-0.25, -0.2) is 0 Å². The average molecular weight is 463 g/mol. The summed E-state index contributed by atoms with van der Waals surface area (Å²) in [4.78, 5) is 11.3. The number of hydrogen-bond donors (Lipinski definition) is 2. The summed E-state index contributed by atoms with van der Waals surface area (Å²) in [7, 11) is 0.228. The maximum atomic E-state index is 11.3. The zero-order chi connectivity index (χ0) is 23.6. The lowest BCUT2D eigenvalue weighted by Gasteiger charge is -2.30. The minimum absolute atomic E-state index is 0.299. The maximum absolute atomic E-state index is 11.3. The van der Waals surface area contributed by atoms with E-state index in [9.17, 15) is 4.79 Å². The number of carbonyl (C=O) groups is 1. The van der Waals surface area contributed by atoms with Gasteiger partial charge in [0.1, 0.15) is 23.2 Å². The van der Waals surface area contributed by atoms with Crippen molar-refractivity contribution in [1.82, 2.24) is 0 Å². The number of hydrazone groups is 1. The quantitative estimate of drug-likeness (QED) is 0.0825. The molecule has 3 rings (SSSR count). The lowest BCUT2D eigenvalue weighted by molar-refractivity contribution is -0.814. The van der Waals surface area contributed by atoms with E-state index in [2.05, 4.69) is 96.1 Å². The Morgan fingerprint density at radius 2 is 1.27 bits per heavy atom. The van der Waals surface area contributed by atoms with E-state index in [1.54, 1.807) is 6.34 Å². The highest BCUT2D eigenvalue weighted by molar-refractivity contribution is 7.95. The van der Waals surface area contributed by atoms with Crippen molar-refractivity contribution in [3.05, 3.63) is 91.0 Å². The lowest BCUT2D eigenvalue weighted by atomic mass is 10.2. The van der Waals surface area contributed by atoms with Gasteiger partial charge >= 0.3 is 0 Å². The Kier molecular flexibility index (Phi) is 8.76. The molecule has 0 aliphatic rings. The molecule has 0 spiro atoms. The van der Waals surface area contributed by atoms with E-state index in [1.165, 1.54) is 15.9 Å². The van der Waals surface area contributed by atoms with Gasteiger partial charge in [0.2, 0.25) is 12.2 Å². The van der Waals surface area contributed by atoms with Gasteiger partial charge < -0.3 is 11.6 Å². The van der Waals surface area contributed by atoms with Crippen molar-refractivity contribution in [2.75, 3.05) is 26.3 Å². The standard InChI is InChI=1S/C27H34N4OP/c1-31(23-30-29,21-19-27(28)32)20-11-12-22-33(24-13-5-2-6-14-24,25-15-7-3-8-16-25)26-17-9-4-10-18-26/h2-10,13-18,23H,11-12,19-22,29H2,1H3,(H-,28,32)/q+1/p+1. The lowest BCUT2D eigenvalue weighted by Crippen LogP contribution is -2.46. The molecule has 172 valence electrons. The number of unbranched alkanes of at least 4 members (excludes halogenated alkanes) is 1. The normalized spacial score (nSPS) is 13.6. The molecule has 0 saturated carbocycles. The fraction of sp³-hybridized carbons (Fsp3) is 0.259. The number of primary amides is 1. The number of nitrogens with two attached hydrogens (primary N) is 2. The van der Waals surface area contributed by atoms with Crippen molar-refractivity contribution in [3.8, 4) is 0 Å². The molecular weight excluding hydrogens is 427 g/mol. The van der Waals surface area contributed by atoms with Crippen LogP contribution in [0.25, 0.3) is 0 Å². The number of quaternary nitrogens is 1. The van der Waals surface area contributed by atoms with E-state index in [-0.39, 0.29) is 5.91 Å². The molecule has 0 bridgehead atoms. The number of amides is 1. The van der Waals surface area contributed by atoms with Gasteiger partial charge in [0.25, 0.3) is 0 Å². The monoisotopic (exact) mass is 462 g/mol. The number of hydrogen-bond acceptors (Lipinski definition) is 3. The molecule has 1 unspecified atom stereocenters. The fourth-order valence-electron chi connectivity index (χ4n) is 4.46. The van der Waals surface area contributed by atoms with Crippen LogP contribution in [-0.4, -0.2) is 43.0 Å². The minimum atomic E-state index is -1.82. The van der Waals surface area contributed by atoms with Crippen LogP contribution in [0.15, 0.2) is 96.1 Å². The van der Waals surface area contributed by atoms with Gasteiger partial charge in [-0.3, -0.25) is 9.28 Å². The fourth-order valence-corrected chi connectivity index (χ4v) is 8.87. The van der Waals surface area contributed by atoms with Gasteiger partial charge in [0, 0.05) is 6.42 Å². The van der Waals surface area contributed by atoms with Crippen LogP contribution in [0.3, 0.4) is 0 Å². The topological polar surface area (TPSA) is 81.5 Å². The largest absolute Gasteiger partial charge is 0.369 e. The third kappa shape index (κ3) is 6.28. The number of carbonyl (C=O) groups excluding carboxylic acids is 1. The van der Waals surface area contributed by atoms with Crippen LogP contribution in [0.5, 0.6) is 0 Å². The molecule has 3 aromatic carbocycles. The molecule has 1 atom stereocenters. The molecule has 0 aromatic heterocycles. The Labute approximate surface area is 198 Å². The Morgan fingerprint density at radius 3 is 1.67 bits per heavy atom. The Hall–Kier alpha value is -3.01. The number of benzene rings is 3. The summed E-state index contributed by atoms with van der Waals surface area (Å²) >= 11 is 0. The molecule has 3 aromatic rings. The summed E-state index contributed by atoms with van der Waals surface area (Å²) in [5, 5.41) is 7.96. The van der Waals surface area contributed by atoms with E-state index < -0.39 is 7.26 Å². The average Bonchev–Trinajstić information content (AvgIpc) is 2.85. The highest BCUT2D eigenvalue weighted by Crippen LogP contribution is 2.55. The van der Waals surface area contributed by atoms with Crippen molar-refractivity contribution in [1.29, 1.82) is 0 Å². The highest BCUT2D eigenvalue weighted by Gasteiger charge is 2.44. The first-order chi connectivity index (χ1) is 16.0. The molecule has 0 heterocycles. The molecule has 5 nitrogen and oxygen atoms in total. The van der Waals surface area contributed by atoms with Crippen LogP contribution in [0.1, 0.15) is 19.3 Å². The van der Waals surface area contributed by atoms with Crippen LogP contribution >= 0.6 is 7.26 Å². The van der Waals surface area contributed by atoms with Crippen molar-refractivity contribution < 1.29 is 9.28 Å². The third-order valence-electron chi connectivity index (χ3n) is 6.22. The Bertz CT molecular complexity index is 931. The van der Waals surface area contributed by atoms with Gasteiger partial charge in [-0.05, 0) is 42.8 Å². The first kappa shape index (κ1) is 24.6. The smallest absolute Gasteiger partial charge is 0.223 e. The molecule has 0 saturated heterocycles. The summed E-state index contributed by atoms with van der Waals surface area (Å²) in [6, 6.07) is 32.8. The van der Waals surface area contributed by atoms with Crippen LogP contribution in [0.2, 0.25) is 0 Å². The van der Waals surface area contributed by atoms with Crippen molar-refractivity contribution in [3.63, 3.8) is 0 Å². The summed E-state index contributed by atoms with van der Waals surface area (Å²) in [6.07, 6.45) is 5.15. The minimum Gasteiger partial charge on any atom is -0.369 e. The molecule has 6 heteroatoms. The van der Waals surface area contributed by atoms with Crippen LogP contribution in [0, 0.1) is 0 Å². The third-order valence-corrected chi connectivity index (χ3v) is 10.7. The van der Waals surface area contributed by atoms with Crippen molar-refractivity contribution >= 4 is 35.4 Å². The summed E-state index contributed by atoms with van der Waals surface area (Å²) in [5.41, 5.74) is 5.38. The number of rotatable bonds is 12. The second kappa shape index (κ2) is 11.7. The molecule has 1 amide bonds. The second-order valence-corrected chi connectivity index (χ2v) is 12.3. The second-order valence-electron chi connectivity index (χ2n) is 8.65. The highest BCUT2D eigenvalue weighted by atomic mass is 31.2. The zero-order valence-electron chi connectivity index (χ0n) is 19.4. The summed E-state index contributed by atoms with van der Waals surface area (Å²) in [6.45, 7) is 1.46. The molecule has 0 radical (unpaired) electrons. The first-order valence-electron chi connectivity index (χ1n) is 11.4. The predicted octanol–water partition coefficient (Wildman–Crippen LogP) is 2.98. The van der Waals surface area contributed by atoms with Crippen LogP contribution < -0.4 is 27.5 Å². The molecule has 4 N–H and O–H groups in total. The first-order valence-corrected chi connectivity index (χ1v) is 13.4. The van der Waals surface area contributed by atoms with Gasteiger partial charge in [-0.1, -0.05) is 54.6 Å². The predicted molar refractivity (Wildman–Crippen MR) is 142 cm³/mol. The van der Waals surface area contributed by atoms with E-state index in [0.29, 0.717) is 17.4 Å². The van der Waals surface area contributed by atoms with Crippen LogP contribution in [-0.2, 0) is 4.79 Å². The Morgan fingerprint density at radius 1 is 0.818 bits per heavy atom. The molecule has 0 aliphatic carbocycles. The van der Waals surface area contributed by atoms with Gasteiger partial charge in [-0.15, -0.1) is 5.10 Å². The maximum Gasteiger partial charge on any atom is 0.223 e. The Balaban J connectivity index is 1.90. The zero-order valence-corrected chi connectivity index (χ0v) is 20.3. The van der Waals surface area contributed by atoms with E-state index in [1.807, 2.05) is 7.05 Å². The van der Waals surface area contributed by atoms with Crippen LogP contribution in [0.4, 0.5) is 0 Å². The summed E-state index contributed by atoms with van der Waals surface area (Å²) < 4.78 is 0.507. The van der Waals surface area contributed by atoms with E-state index >= 15 is 0 Å². The van der Waals surface area contributed by atoms with Crippen molar-refractivity contribution in [2.45, 2.75) is 19.3 Å².